The van der Waals surface area contributed by atoms with Crippen molar-refractivity contribution in [3.63, 3.8) is 0 Å². The van der Waals surface area contributed by atoms with E-state index in [0.29, 0.717) is 32.0 Å². The van der Waals surface area contributed by atoms with Gasteiger partial charge in [-0.25, -0.2) is 9.97 Å². The molecule has 2 aliphatic heterocycles. The molecule has 0 aliphatic carbocycles. The molecule has 5 heterocycles. The maximum absolute atomic E-state index is 13.2. The number of halogens is 1. The number of anilines is 2. The Bertz CT molecular complexity index is 1760. The highest BCUT2D eigenvalue weighted by molar-refractivity contribution is 5.99. The lowest BCUT2D eigenvalue weighted by Crippen LogP contribution is -2.51. The third-order valence-corrected chi connectivity index (χ3v) is 8.47. The van der Waals surface area contributed by atoms with Crippen LogP contribution in [0.15, 0.2) is 85.5 Å². The summed E-state index contributed by atoms with van der Waals surface area (Å²) in [7, 11) is 0. The first-order chi connectivity index (χ1) is 21.6. The molecule has 0 spiro atoms. The minimum atomic E-state index is -0.163. The molecule has 2 amide bonds. The van der Waals surface area contributed by atoms with Crippen LogP contribution in [0.3, 0.4) is 0 Å². The van der Waals surface area contributed by atoms with Crippen molar-refractivity contribution >= 4 is 46.5 Å². The predicted octanol–water partition coefficient (Wildman–Crippen LogP) is 4.11. The average Bonchev–Trinajstić information content (AvgIpc) is 3.73. The molecule has 1 atom stereocenters. The largest absolute Gasteiger partial charge is 0.368 e. The molecule has 2 fully saturated rings. The lowest BCUT2D eigenvalue weighted by atomic mass is 10.1. The molecule has 2 aromatic carbocycles. The Labute approximate surface area is 267 Å². The molecule has 230 valence electrons. The monoisotopic (exact) mass is 623 g/mol. The fourth-order valence-electron chi connectivity index (χ4n) is 6.03. The third kappa shape index (κ3) is 6.64. The Balaban J connectivity index is 0.00000357. The zero-order valence-corrected chi connectivity index (χ0v) is 25.5. The van der Waals surface area contributed by atoms with Gasteiger partial charge in [0, 0.05) is 85.4 Å². The molecule has 12 heteroatoms. The number of carbonyl (C=O) groups excluding carboxylic acids is 2. The van der Waals surface area contributed by atoms with Crippen LogP contribution in [0, 0.1) is 5.92 Å². The van der Waals surface area contributed by atoms with E-state index in [1.165, 1.54) is 0 Å². The first-order valence-corrected chi connectivity index (χ1v) is 14.9. The van der Waals surface area contributed by atoms with Gasteiger partial charge in [0.05, 0.1) is 18.0 Å². The van der Waals surface area contributed by atoms with E-state index < -0.39 is 0 Å². The number of likely N-dealkylation sites (tertiary alicyclic amines) is 1. The maximum Gasteiger partial charge on any atom is 0.236 e. The fourth-order valence-corrected chi connectivity index (χ4v) is 6.03. The molecule has 3 aromatic heterocycles. The Morgan fingerprint density at radius 3 is 2.38 bits per heavy atom. The van der Waals surface area contributed by atoms with Crippen LogP contribution in [0.25, 0.3) is 33.5 Å². The van der Waals surface area contributed by atoms with Crippen LogP contribution in [0.1, 0.15) is 6.42 Å². The highest BCUT2D eigenvalue weighted by atomic mass is 35.5. The van der Waals surface area contributed by atoms with Gasteiger partial charge in [-0.15, -0.1) is 12.4 Å². The molecule has 7 rings (SSSR count). The first-order valence-electron chi connectivity index (χ1n) is 14.9. The van der Waals surface area contributed by atoms with Crippen molar-refractivity contribution in [1.82, 2.24) is 34.9 Å². The van der Waals surface area contributed by atoms with Crippen molar-refractivity contribution in [2.75, 3.05) is 56.0 Å². The summed E-state index contributed by atoms with van der Waals surface area (Å²) >= 11 is 0. The van der Waals surface area contributed by atoms with Crippen molar-refractivity contribution in [2.24, 2.45) is 5.92 Å². The second kappa shape index (κ2) is 13.4. The zero-order chi connectivity index (χ0) is 29.9. The van der Waals surface area contributed by atoms with Gasteiger partial charge in [0.2, 0.25) is 11.8 Å². The van der Waals surface area contributed by atoms with E-state index in [4.69, 9.17) is 0 Å². The number of hydrogen-bond acceptors (Lipinski definition) is 8. The lowest BCUT2D eigenvalue weighted by molar-refractivity contribution is -0.132. The molecule has 0 saturated carbocycles. The van der Waals surface area contributed by atoms with Crippen molar-refractivity contribution in [3.05, 3.63) is 85.5 Å². The summed E-state index contributed by atoms with van der Waals surface area (Å²) in [5, 5.41) is 11.5. The van der Waals surface area contributed by atoms with E-state index in [-0.39, 0.29) is 30.1 Å². The third-order valence-electron chi connectivity index (χ3n) is 8.47. The number of piperazine rings is 1. The number of carbonyl (C=O) groups is 2. The summed E-state index contributed by atoms with van der Waals surface area (Å²) < 4.78 is 0. The van der Waals surface area contributed by atoms with Gasteiger partial charge in [-0.1, -0.05) is 0 Å². The summed E-state index contributed by atoms with van der Waals surface area (Å²) in [5.74, 6) is 0.647. The Hall–Kier alpha value is -4.87. The Kier molecular flexibility index (Phi) is 8.99. The number of benzene rings is 2. The minimum Gasteiger partial charge on any atom is -0.368 e. The summed E-state index contributed by atoms with van der Waals surface area (Å²) in [6.07, 6.45) is 7.69. The van der Waals surface area contributed by atoms with E-state index in [9.17, 15) is 9.59 Å². The standard InChI is InChI=1S/C33H33N9O2.ClH/c43-30(42-18-16-41(17-19-42)27-5-2-24(3-6-27)32-35-11-1-12-36-32)22-40-15-10-25(21-40)33(44)37-26-4-7-29-28(20-26)31(39-38-29)23-8-13-34-14-9-23;/h1-9,11-14,20,25H,10,15-19,21-22H2,(H,37,44)(H,38,39);1H/t25-;/m1./s1. The van der Waals surface area contributed by atoms with Crippen molar-refractivity contribution in [2.45, 2.75) is 6.42 Å². The number of nitrogens with one attached hydrogen (secondary N) is 2. The highest BCUT2D eigenvalue weighted by Crippen LogP contribution is 2.29. The highest BCUT2D eigenvalue weighted by Gasteiger charge is 2.31. The van der Waals surface area contributed by atoms with E-state index >= 15 is 0 Å². The number of hydrogen-bond donors (Lipinski definition) is 2. The summed E-state index contributed by atoms with van der Waals surface area (Å²) in [4.78, 5) is 45.4. The summed E-state index contributed by atoms with van der Waals surface area (Å²) in [6, 6.07) is 19.7. The van der Waals surface area contributed by atoms with Gasteiger partial charge in [-0.05, 0) is 73.6 Å². The molecule has 11 nitrogen and oxygen atoms in total. The van der Waals surface area contributed by atoms with Gasteiger partial charge in [0.15, 0.2) is 5.82 Å². The van der Waals surface area contributed by atoms with E-state index in [1.54, 1.807) is 24.8 Å². The molecule has 2 saturated heterocycles. The van der Waals surface area contributed by atoms with Crippen molar-refractivity contribution in [3.8, 4) is 22.6 Å². The molecule has 0 unspecified atom stereocenters. The number of aromatic nitrogens is 5. The van der Waals surface area contributed by atoms with Gasteiger partial charge in [0.1, 0.15) is 5.69 Å². The quantitative estimate of drug-likeness (QED) is 0.278. The average molecular weight is 624 g/mol. The second-order valence-corrected chi connectivity index (χ2v) is 11.3. The SMILES string of the molecule is Cl.O=C(Nc1ccc2[nH]nc(-c3ccncc3)c2c1)[C@@H]1CCN(CC(=O)N2CCN(c3ccc(-c4ncccn4)cc3)CC2)C1. The molecule has 5 aromatic rings. The van der Waals surface area contributed by atoms with Crippen LogP contribution in [0.2, 0.25) is 0 Å². The Morgan fingerprint density at radius 1 is 0.867 bits per heavy atom. The van der Waals surface area contributed by atoms with Gasteiger partial charge in [-0.2, -0.15) is 5.10 Å². The first kappa shape index (κ1) is 30.2. The topological polar surface area (TPSA) is 123 Å². The van der Waals surface area contributed by atoms with E-state index in [1.807, 2.05) is 53.4 Å². The summed E-state index contributed by atoms with van der Waals surface area (Å²) in [6.45, 7) is 4.56. The van der Waals surface area contributed by atoms with Crippen LogP contribution >= 0.6 is 12.4 Å². The number of H-pyrrole nitrogens is 1. The number of amides is 2. The molecular formula is C33H34ClN9O2. The molecule has 45 heavy (non-hydrogen) atoms. The maximum atomic E-state index is 13.2. The number of rotatable bonds is 7. The van der Waals surface area contributed by atoms with Crippen molar-refractivity contribution < 1.29 is 9.59 Å². The molecule has 0 radical (unpaired) electrons. The van der Waals surface area contributed by atoms with Crippen LogP contribution in [0.4, 0.5) is 11.4 Å². The number of aromatic amines is 1. The molecule has 0 bridgehead atoms. The molecule has 2 aliphatic rings. The lowest BCUT2D eigenvalue weighted by Gasteiger charge is -2.36. The smallest absolute Gasteiger partial charge is 0.236 e. The van der Waals surface area contributed by atoms with Gasteiger partial charge >= 0.3 is 0 Å². The van der Waals surface area contributed by atoms with Crippen molar-refractivity contribution in [1.29, 1.82) is 0 Å². The van der Waals surface area contributed by atoms with Crippen LogP contribution in [-0.4, -0.2) is 92.6 Å². The van der Waals surface area contributed by atoms with Crippen LogP contribution < -0.4 is 10.2 Å². The fraction of sp³-hybridized carbons (Fsp3) is 0.273. The number of fused-ring (bicyclic) bond motifs is 1. The summed E-state index contributed by atoms with van der Waals surface area (Å²) in [5.41, 5.74) is 5.52. The second-order valence-electron chi connectivity index (χ2n) is 11.3. The van der Waals surface area contributed by atoms with Gasteiger partial charge < -0.3 is 15.1 Å². The molecule has 2 N–H and O–H groups in total. The normalized spacial score (nSPS) is 16.8. The number of pyridine rings is 1. The zero-order valence-electron chi connectivity index (χ0n) is 24.7. The van der Waals surface area contributed by atoms with Crippen LogP contribution in [-0.2, 0) is 9.59 Å². The van der Waals surface area contributed by atoms with Gasteiger partial charge in [0.25, 0.3) is 0 Å². The van der Waals surface area contributed by atoms with E-state index in [0.717, 1.165) is 65.2 Å². The van der Waals surface area contributed by atoms with Crippen LogP contribution in [0.5, 0.6) is 0 Å². The van der Waals surface area contributed by atoms with Gasteiger partial charge in [-0.3, -0.25) is 24.6 Å². The number of nitrogens with zero attached hydrogens (tertiary/aromatic N) is 7. The molecular weight excluding hydrogens is 590 g/mol. The van der Waals surface area contributed by atoms with E-state index in [2.05, 4.69) is 52.4 Å². The minimum absolute atomic E-state index is 0. The Morgan fingerprint density at radius 2 is 1.62 bits per heavy atom. The predicted molar refractivity (Wildman–Crippen MR) is 176 cm³/mol.